The molecule has 26 heavy (non-hydrogen) atoms. The third-order valence-corrected chi connectivity index (χ3v) is 3.86. The highest BCUT2D eigenvalue weighted by Crippen LogP contribution is 2.16. The Hall–Kier alpha value is -3.16. The van der Waals surface area contributed by atoms with E-state index in [1.54, 1.807) is 12.1 Å². The van der Waals surface area contributed by atoms with Crippen LogP contribution in [0, 0.1) is 0 Å². The average molecular weight is 358 g/mol. The van der Waals surface area contributed by atoms with Crippen molar-refractivity contribution in [2.24, 2.45) is 5.10 Å². The van der Waals surface area contributed by atoms with Gasteiger partial charge in [-0.05, 0) is 30.5 Å². The summed E-state index contributed by atoms with van der Waals surface area (Å²) in [4.78, 5) is 37.7. The molecule has 0 fully saturated rings. The minimum Gasteiger partial charge on any atom is -0.493 e. The van der Waals surface area contributed by atoms with Crippen molar-refractivity contribution in [3.8, 4) is 11.6 Å². The molecular weight excluding hydrogens is 336 g/mol. The van der Waals surface area contributed by atoms with Crippen LogP contribution in [-0.4, -0.2) is 26.8 Å². The molecule has 0 saturated heterocycles. The van der Waals surface area contributed by atoms with Crippen LogP contribution in [0.1, 0.15) is 44.2 Å². The molecule has 1 aromatic heterocycles. The summed E-state index contributed by atoms with van der Waals surface area (Å²) >= 11 is 0. The first-order valence-electron chi connectivity index (χ1n) is 8.47. The number of aromatic nitrogens is 2. The number of hydrazone groups is 1. The van der Waals surface area contributed by atoms with Gasteiger partial charge in [0.1, 0.15) is 5.56 Å². The number of carbonyl (C=O) groups excluding carboxylic acids is 1. The van der Waals surface area contributed by atoms with E-state index in [4.69, 9.17) is 0 Å². The predicted octanol–water partition coefficient (Wildman–Crippen LogP) is 1.43. The van der Waals surface area contributed by atoms with E-state index in [-0.39, 0.29) is 11.5 Å². The second kappa shape index (κ2) is 8.80. The lowest BCUT2D eigenvalue weighted by Crippen LogP contribution is -2.31. The van der Waals surface area contributed by atoms with Gasteiger partial charge in [-0.1, -0.05) is 32.4 Å². The maximum atomic E-state index is 12.1. The molecule has 0 aliphatic heterocycles. The number of hydrogen-bond donors (Lipinski definition) is 3. The summed E-state index contributed by atoms with van der Waals surface area (Å²) in [5.74, 6) is -0.836. The number of nitrogens with zero attached hydrogens (tertiary/aromatic N) is 2. The number of H-pyrrole nitrogens is 1. The summed E-state index contributed by atoms with van der Waals surface area (Å²) in [5, 5.41) is 14.1. The maximum absolute atomic E-state index is 12.1. The molecule has 0 unspecified atom stereocenters. The molecular formula is C18H22N4O4. The predicted molar refractivity (Wildman–Crippen MR) is 99.0 cm³/mol. The van der Waals surface area contributed by atoms with E-state index in [0.29, 0.717) is 12.1 Å². The molecule has 2 aromatic rings. The normalized spacial score (nSPS) is 11.0. The summed E-state index contributed by atoms with van der Waals surface area (Å²) < 4.78 is 0.973. The fraction of sp³-hybridized carbons (Fsp3) is 0.333. The van der Waals surface area contributed by atoms with Crippen molar-refractivity contribution in [2.75, 3.05) is 0 Å². The fourth-order valence-electron chi connectivity index (χ4n) is 2.34. The van der Waals surface area contributed by atoms with Gasteiger partial charge in [-0.3, -0.25) is 14.6 Å². The minimum absolute atomic E-state index is 0.222. The molecule has 8 heteroatoms. The Morgan fingerprint density at radius 2 is 1.96 bits per heavy atom. The maximum Gasteiger partial charge on any atom is 0.335 e. The Bertz CT molecular complexity index is 910. The van der Waals surface area contributed by atoms with E-state index >= 15 is 0 Å². The van der Waals surface area contributed by atoms with Crippen LogP contribution in [0.3, 0.4) is 0 Å². The quantitative estimate of drug-likeness (QED) is 0.513. The van der Waals surface area contributed by atoms with E-state index in [1.807, 2.05) is 26.0 Å². The van der Waals surface area contributed by atoms with Crippen LogP contribution < -0.4 is 16.7 Å². The molecule has 0 aliphatic rings. The highest BCUT2D eigenvalue weighted by atomic mass is 16.3. The molecule has 1 aromatic carbocycles. The number of aromatic hydroxyl groups is 1. The smallest absolute Gasteiger partial charge is 0.335 e. The Labute approximate surface area is 150 Å². The summed E-state index contributed by atoms with van der Waals surface area (Å²) in [5.41, 5.74) is 1.99. The number of benzene rings is 1. The molecule has 2 rings (SSSR count). The van der Waals surface area contributed by atoms with Crippen LogP contribution in [0.4, 0.5) is 0 Å². The van der Waals surface area contributed by atoms with Crippen molar-refractivity contribution in [1.82, 2.24) is 15.0 Å². The van der Waals surface area contributed by atoms with Crippen LogP contribution in [0.25, 0.3) is 5.69 Å². The Morgan fingerprint density at radius 3 is 2.58 bits per heavy atom. The SMILES string of the molecule is CCCCC(=O)NN=Cc1c(O)n(-c2ccc(CC)cc2)c(=O)[nH]c1=O. The lowest BCUT2D eigenvalue weighted by Gasteiger charge is -2.10. The monoisotopic (exact) mass is 358 g/mol. The lowest BCUT2D eigenvalue weighted by molar-refractivity contribution is -0.121. The number of hydrogen-bond acceptors (Lipinski definition) is 5. The van der Waals surface area contributed by atoms with Gasteiger partial charge < -0.3 is 5.11 Å². The molecule has 0 bridgehead atoms. The highest BCUT2D eigenvalue weighted by molar-refractivity contribution is 5.84. The number of rotatable bonds is 7. The average Bonchev–Trinajstić information content (AvgIpc) is 2.63. The number of aromatic amines is 1. The van der Waals surface area contributed by atoms with Crippen LogP contribution >= 0.6 is 0 Å². The molecule has 0 saturated carbocycles. The summed E-state index contributed by atoms with van der Waals surface area (Å²) in [6.45, 7) is 3.96. The second-order valence-corrected chi connectivity index (χ2v) is 5.75. The largest absolute Gasteiger partial charge is 0.493 e. The third-order valence-electron chi connectivity index (χ3n) is 3.86. The van der Waals surface area contributed by atoms with Crippen LogP contribution in [0.5, 0.6) is 5.88 Å². The zero-order valence-electron chi connectivity index (χ0n) is 14.8. The standard InChI is InChI=1S/C18H22N4O4/c1-3-5-6-15(23)21-19-11-14-16(24)20-18(26)22(17(14)25)13-9-7-12(4-2)8-10-13/h7-11,25H,3-6H2,1-2H3,(H,21,23)(H,20,24,26). The van der Waals surface area contributed by atoms with E-state index in [9.17, 15) is 19.5 Å². The van der Waals surface area contributed by atoms with Gasteiger partial charge in [0.05, 0.1) is 11.9 Å². The van der Waals surface area contributed by atoms with E-state index < -0.39 is 17.1 Å². The summed E-state index contributed by atoms with van der Waals surface area (Å²) in [6.07, 6.45) is 3.78. The number of unbranched alkanes of at least 4 members (excludes halogenated alkanes) is 1. The Kier molecular flexibility index (Phi) is 6.48. The number of aryl methyl sites for hydroxylation is 1. The van der Waals surface area contributed by atoms with E-state index in [1.165, 1.54) is 0 Å². The van der Waals surface area contributed by atoms with Crippen molar-refractivity contribution >= 4 is 12.1 Å². The van der Waals surface area contributed by atoms with Crippen molar-refractivity contribution in [3.63, 3.8) is 0 Å². The molecule has 0 atom stereocenters. The lowest BCUT2D eigenvalue weighted by atomic mass is 10.1. The zero-order valence-corrected chi connectivity index (χ0v) is 14.8. The number of amides is 1. The van der Waals surface area contributed by atoms with Gasteiger partial charge in [0.15, 0.2) is 0 Å². The third kappa shape index (κ3) is 4.47. The first kappa shape index (κ1) is 19.2. The first-order chi connectivity index (χ1) is 12.5. The summed E-state index contributed by atoms with van der Waals surface area (Å²) in [7, 11) is 0. The van der Waals surface area contributed by atoms with Gasteiger partial charge in [0.2, 0.25) is 11.8 Å². The van der Waals surface area contributed by atoms with Gasteiger partial charge in [0.25, 0.3) is 5.56 Å². The molecule has 8 nitrogen and oxygen atoms in total. The number of nitrogens with one attached hydrogen (secondary N) is 2. The van der Waals surface area contributed by atoms with Crippen molar-refractivity contribution in [3.05, 3.63) is 56.2 Å². The first-order valence-corrected chi connectivity index (χ1v) is 8.47. The van der Waals surface area contributed by atoms with Gasteiger partial charge >= 0.3 is 5.69 Å². The van der Waals surface area contributed by atoms with Gasteiger partial charge in [-0.25, -0.2) is 14.8 Å². The van der Waals surface area contributed by atoms with Gasteiger partial charge in [-0.2, -0.15) is 5.10 Å². The topological polar surface area (TPSA) is 117 Å². The molecule has 1 heterocycles. The van der Waals surface area contributed by atoms with E-state index in [2.05, 4.69) is 15.5 Å². The zero-order chi connectivity index (χ0) is 19.1. The van der Waals surface area contributed by atoms with Crippen LogP contribution in [-0.2, 0) is 11.2 Å². The Balaban J connectivity index is 2.35. The van der Waals surface area contributed by atoms with Gasteiger partial charge in [0, 0.05) is 6.42 Å². The molecule has 0 radical (unpaired) electrons. The van der Waals surface area contributed by atoms with Crippen LogP contribution in [0.15, 0.2) is 39.0 Å². The number of carbonyl (C=O) groups is 1. The molecule has 0 spiro atoms. The van der Waals surface area contributed by atoms with Gasteiger partial charge in [-0.15, -0.1) is 0 Å². The molecule has 3 N–H and O–H groups in total. The molecule has 138 valence electrons. The molecule has 0 aliphatic carbocycles. The fourth-order valence-corrected chi connectivity index (χ4v) is 2.34. The van der Waals surface area contributed by atoms with Crippen molar-refractivity contribution in [2.45, 2.75) is 39.5 Å². The molecule has 1 amide bonds. The van der Waals surface area contributed by atoms with Crippen molar-refractivity contribution < 1.29 is 9.90 Å². The minimum atomic E-state index is -0.791. The van der Waals surface area contributed by atoms with Crippen molar-refractivity contribution in [1.29, 1.82) is 0 Å². The highest BCUT2D eigenvalue weighted by Gasteiger charge is 2.14. The second-order valence-electron chi connectivity index (χ2n) is 5.75. The van der Waals surface area contributed by atoms with E-state index in [0.717, 1.165) is 35.6 Å². The van der Waals surface area contributed by atoms with Crippen LogP contribution in [0.2, 0.25) is 0 Å². The summed E-state index contributed by atoms with van der Waals surface area (Å²) in [6, 6.07) is 7.00. The Morgan fingerprint density at radius 1 is 1.27 bits per heavy atom.